The molecule has 2 heterocycles. The third-order valence-corrected chi connectivity index (χ3v) is 2.42. The summed E-state index contributed by atoms with van der Waals surface area (Å²) in [5, 5.41) is 12.3. The number of nitrogens with two attached hydrogens (primary N) is 1. The molecule has 6 heteroatoms. The van der Waals surface area contributed by atoms with E-state index in [1.807, 2.05) is 25.5 Å². The minimum atomic E-state index is -0.0394. The van der Waals surface area contributed by atoms with Gasteiger partial charge in [-0.1, -0.05) is 18.6 Å². The van der Waals surface area contributed by atoms with Crippen LogP contribution in [0.4, 0.5) is 0 Å². The SMILES string of the molecule is CCCC(N)c1cn(-c2ccn(C)n2)nn1. The fourth-order valence-corrected chi connectivity index (χ4v) is 1.54. The minimum Gasteiger partial charge on any atom is -0.323 e. The van der Waals surface area contributed by atoms with Crippen molar-refractivity contribution in [2.45, 2.75) is 25.8 Å². The maximum Gasteiger partial charge on any atom is 0.176 e. The summed E-state index contributed by atoms with van der Waals surface area (Å²) >= 11 is 0. The molecular weight excluding hydrogens is 204 g/mol. The summed E-state index contributed by atoms with van der Waals surface area (Å²) < 4.78 is 3.37. The maximum absolute atomic E-state index is 5.96. The standard InChI is InChI=1S/C10H16N6/c1-3-4-8(11)9-7-16(14-12-9)10-5-6-15(2)13-10/h5-8H,3-4,11H2,1-2H3. The van der Waals surface area contributed by atoms with E-state index < -0.39 is 0 Å². The van der Waals surface area contributed by atoms with E-state index in [1.165, 1.54) is 0 Å². The van der Waals surface area contributed by atoms with E-state index in [4.69, 9.17) is 5.73 Å². The van der Waals surface area contributed by atoms with Crippen LogP contribution in [0, 0.1) is 0 Å². The van der Waals surface area contributed by atoms with E-state index in [0.29, 0.717) is 0 Å². The third kappa shape index (κ3) is 2.11. The van der Waals surface area contributed by atoms with Crippen LogP contribution in [0.2, 0.25) is 0 Å². The molecule has 0 aromatic carbocycles. The highest BCUT2D eigenvalue weighted by molar-refractivity contribution is 5.18. The molecule has 0 aliphatic carbocycles. The molecule has 86 valence electrons. The van der Waals surface area contributed by atoms with Crippen LogP contribution in [-0.4, -0.2) is 24.8 Å². The molecule has 6 nitrogen and oxygen atoms in total. The van der Waals surface area contributed by atoms with Crippen LogP contribution in [-0.2, 0) is 7.05 Å². The molecule has 1 atom stereocenters. The Balaban J connectivity index is 2.19. The number of hydrogen-bond acceptors (Lipinski definition) is 4. The average molecular weight is 220 g/mol. The molecule has 2 aromatic heterocycles. The van der Waals surface area contributed by atoms with Crippen LogP contribution in [0.3, 0.4) is 0 Å². The smallest absolute Gasteiger partial charge is 0.176 e. The lowest BCUT2D eigenvalue weighted by Crippen LogP contribution is -2.10. The van der Waals surface area contributed by atoms with Crippen molar-refractivity contribution < 1.29 is 0 Å². The summed E-state index contributed by atoms with van der Waals surface area (Å²) in [6.45, 7) is 2.10. The predicted molar refractivity (Wildman–Crippen MR) is 60.0 cm³/mol. The molecule has 2 rings (SSSR count). The summed E-state index contributed by atoms with van der Waals surface area (Å²) in [5.41, 5.74) is 6.77. The van der Waals surface area contributed by atoms with Gasteiger partial charge in [0.15, 0.2) is 5.82 Å². The second-order valence-electron chi connectivity index (χ2n) is 3.83. The normalized spacial score (nSPS) is 12.9. The van der Waals surface area contributed by atoms with Gasteiger partial charge in [0.25, 0.3) is 0 Å². The minimum absolute atomic E-state index is 0.0394. The van der Waals surface area contributed by atoms with E-state index >= 15 is 0 Å². The number of rotatable bonds is 4. The zero-order valence-electron chi connectivity index (χ0n) is 9.54. The fraction of sp³-hybridized carbons (Fsp3) is 0.500. The number of hydrogen-bond donors (Lipinski definition) is 1. The molecule has 0 saturated carbocycles. The van der Waals surface area contributed by atoms with Gasteiger partial charge in [0.2, 0.25) is 0 Å². The third-order valence-electron chi connectivity index (χ3n) is 2.42. The lowest BCUT2D eigenvalue weighted by molar-refractivity contribution is 0.619. The van der Waals surface area contributed by atoms with Crippen LogP contribution in [0.5, 0.6) is 0 Å². The molecule has 0 fully saturated rings. The Kier molecular flexibility index (Phi) is 3.00. The Labute approximate surface area is 94.1 Å². The van der Waals surface area contributed by atoms with Crippen LogP contribution >= 0.6 is 0 Å². The Bertz CT molecular complexity index is 457. The number of aromatic nitrogens is 5. The van der Waals surface area contributed by atoms with Gasteiger partial charge in [-0.2, -0.15) is 5.10 Å². The molecule has 0 radical (unpaired) electrons. The van der Waals surface area contributed by atoms with Crippen LogP contribution in [0.15, 0.2) is 18.5 Å². The van der Waals surface area contributed by atoms with Crippen LogP contribution in [0.1, 0.15) is 31.5 Å². The first-order valence-corrected chi connectivity index (χ1v) is 5.38. The number of nitrogens with zero attached hydrogens (tertiary/aromatic N) is 5. The summed E-state index contributed by atoms with van der Waals surface area (Å²) in [5.74, 6) is 0.755. The molecule has 0 saturated heterocycles. The van der Waals surface area contributed by atoms with Crippen molar-refractivity contribution in [2.75, 3.05) is 0 Å². The molecule has 0 amide bonds. The van der Waals surface area contributed by atoms with Gasteiger partial charge in [-0.15, -0.1) is 5.10 Å². The topological polar surface area (TPSA) is 74.5 Å². The van der Waals surface area contributed by atoms with Crippen molar-refractivity contribution in [1.29, 1.82) is 0 Å². The van der Waals surface area contributed by atoms with Crippen molar-refractivity contribution in [3.8, 4) is 5.82 Å². The highest BCUT2D eigenvalue weighted by atomic mass is 15.5. The number of aryl methyl sites for hydroxylation is 1. The summed E-state index contributed by atoms with van der Waals surface area (Å²) in [6.07, 6.45) is 5.66. The largest absolute Gasteiger partial charge is 0.323 e. The Morgan fingerprint density at radius 1 is 1.50 bits per heavy atom. The van der Waals surface area contributed by atoms with E-state index in [9.17, 15) is 0 Å². The maximum atomic E-state index is 5.96. The predicted octanol–water partition coefficient (Wildman–Crippen LogP) is 0.801. The zero-order chi connectivity index (χ0) is 11.5. The second kappa shape index (κ2) is 4.44. The molecule has 16 heavy (non-hydrogen) atoms. The van der Waals surface area contributed by atoms with Crippen molar-refractivity contribution in [1.82, 2.24) is 24.8 Å². The van der Waals surface area contributed by atoms with Gasteiger partial charge in [-0.05, 0) is 6.42 Å². The monoisotopic (exact) mass is 220 g/mol. The highest BCUT2D eigenvalue weighted by Crippen LogP contribution is 2.13. The van der Waals surface area contributed by atoms with Crippen molar-refractivity contribution in [2.24, 2.45) is 12.8 Å². The van der Waals surface area contributed by atoms with Crippen molar-refractivity contribution in [3.05, 3.63) is 24.2 Å². The van der Waals surface area contributed by atoms with E-state index in [-0.39, 0.29) is 6.04 Å². The molecule has 0 bridgehead atoms. The molecule has 0 aliphatic rings. The quantitative estimate of drug-likeness (QED) is 0.827. The first-order chi connectivity index (χ1) is 7.70. The van der Waals surface area contributed by atoms with E-state index in [2.05, 4.69) is 22.3 Å². The molecule has 2 N–H and O–H groups in total. The summed E-state index contributed by atoms with van der Waals surface area (Å²) in [7, 11) is 1.87. The van der Waals surface area contributed by atoms with Gasteiger partial charge in [0.05, 0.1) is 17.9 Å². The fourth-order valence-electron chi connectivity index (χ4n) is 1.54. The first-order valence-electron chi connectivity index (χ1n) is 5.38. The van der Waals surface area contributed by atoms with Crippen LogP contribution < -0.4 is 5.73 Å². The lowest BCUT2D eigenvalue weighted by atomic mass is 10.1. The van der Waals surface area contributed by atoms with Gasteiger partial charge in [-0.3, -0.25) is 4.68 Å². The van der Waals surface area contributed by atoms with Gasteiger partial charge in [0, 0.05) is 19.3 Å². The van der Waals surface area contributed by atoms with Crippen LogP contribution in [0.25, 0.3) is 5.82 Å². The van der Waals surface area contributed by atoms with Crippen molar-refractivity contribution >= 4 is 0 Å². The molecule has 0 aliphatic heterocycles. The van der Waals surface area contributed by atoms with Crippen molar-refractivity contribution in [3.63, 3.8) is 0 Å². The summed E-state index contributed by atoms with van der Waals surface area (Å²) in [6, 6.07) is 1.84. The van der Waals surface area contributed by atoms with Gasteiger partial charge >= 0.3 is 0 Å². The first kappa shape index (κ1) is 10.8. The van der Waals surface area contributed by atoms with E-state index in [1.54, 1.807) is 9.36 Å². The van der Waals surface area contributed by atoms with Gasteiger partial charge in [0.1, 0.15) is 0 Å². The Hall–Kier alpha value is -1.69. The second-order valence-corrected chi connectivity index (χ2v) is 3.83. The molecule has 2 aromatic rings. The average Bonchev–Trinajstić information content (AvgIpc) is 2.85. The lowest BCUT2D eigenvalue weighted by Gasteiger charge is -2.03. The highest BCUT2D eigenvalue weighted by Gasteiger charge is 2.11. The summed E-state index contributed by atoms with van der Waals surface area (Å²) in [4.78, 5) is 0. The van der Waals surface area contributed by atoms with E-state index in [0.717, 1.165) is 24.4 Å². The Morgan fingerprint density at radius 3 is 2.94 bits per heavy atom. The molecule has 1 unspecified atom stereocenters. The zero-order valence-corrected chi connectivity index (χ0v) is 9.54. The Morgan fingerprint density at radius 2 is 2.31 bits per heavy atom. The molecule has 0 spiro atoms. The molecular formula is C10H16N6. The van der Waals surface area contributed by atoms with Gasteiger partial charge < -0.3 is 5.73 Å². The van der Waals surface area contributed by atoms with Gasteiger partial charge in [-0.25, -0.2) is 4.68 Å².